The molecule has 250 valence electrons. The molecule has 5 rings (SSSR count). The zero-order valence-electron chi connectivity index (χ0n) is 22.9. The highest BCUT2D eigenvalue weighted by Gasteiger charge is 2.48. The number of aromatic nitrogens is 4. The summed E-state index contributed by atoms with van der Waals surface area (Å²) in [6.45, 7) is -2.05. The molecule has 0 aromatic carbocycles. The molecule has 0 radical (unpaired) electrons. The van der Waals surface area contributed by atoms with E-state index in [0.29, 0.717) is 0 Å². The van der Waals surface area contributed by atoms with Gasteiger partial charge in [-0.3, -0.25) is 18.5 Å². The Hall–Kier alpha value is -2.66. The number of nitrogen functional groups attached to an aromatic ring is 1. The summed E-state index contributed by atoms with van der Waals surface area (Å²) in [5, 5.41) is 51.9. The van der Waals surface area contributed by atoms with Crippen molar-refractivity contribution in [3.8, 4) is 0 Å². The first-order valence-corrected chi connectivity index (χ1v) is 16.1. The molecule has 5 heterocycles. The summed E-state index contributed by atoms with van der Waals surface area (Å²) in [7, 11) is -11.4. The first kappa shape index (κ1) is 33.7. The number of ether oxygens (including phenoxy) is 2. The maximum absolute atomic E-state index is 12.3. The average molecular weight is 681 g/mol. The SMILES string of the molecule is NC(=O)C1=CN([C@@H]2O[C@H](COP(=O)([O-])OP(=O)([O-])OC[C@H]3O[C@@H](n4cnc5c(N)ncnc54)[C@H](O)[C@@H]3O)[C@@H](O)[C@H]2O)[C@H](O)CC1. The molecule has 24 heteroatoms. The minimum Gasteiger partial charge on any atom is -0.756 e. The lowest BCUT2D eigenvalue weighted by Gasteiger charge is -2.36. The zero-order chi connectivity index (χ0) is 32.8. The van der Waals surface area contributed by atoms with Gasteiger partial charge in [-0.15, -0.1) is 0 Å². The van der Waals surface area contributed by atoms with Crippen LogP contribution >= 0.6 is 15.6 Å². The summed E-state index contributed by atoms with van der Waals surface area (Å²) >= 11 is 0. The van der Waals surface area contributed by atoms with Crippen LogP contribution in [0.1, 0.15) is 19.1 Å². The number of carbonyl (C=O) groups is 1. The van der Waals surface area contributed by atoms with Crippen molar-refractivity contribution >= 4 is 38.5 Å². The number of aliphatic hydroxyl groups is 5. The van der Waals surface area contributed by atoms with Gasteiger partial charge in [0.05, 0.1) is 19.5 Å². The number of primary amides is 1. The van der Waals surface area contributed by atoms with Gasteiger partial charge in [0.2, 0.25) is 5.91 Å². The van der Waals surface area contributed by atoms with E-state index in [0.717, 1.165) is 17.4 Å². The van der Waals surface area contributed by atoms with E-state index >= 15 is 0 Å². The highest BCUT2D eigenvalue weighted by Crippen LogP contribution is 2.56. The van der Waals surface area contributed by atoms with E-state index in [1.165, 1.54) is 10.9 Å². The predicted molar refractivity (Wildman–Crippen MR) is 139 cm³/mol. The van der Waals surface area contributed by atoms with Gasteiger partial charge in [0.15, 0.2) is 23.9 Å². The quantitative estimate of drug-likeness (QED) is 0.109. The third kappa shape index (κ3) is 7.04. The van der Waals surface area contributed by atoms with Crippen LogP contribution in [0.5, 0.6) is 0 Å². The van der Waals surface area contributed by atoms with Crippen LogP contribution in [-0.2, 0) is 36.8 Å². The molecular formula is C21H29N7O15P2-2. The molecule has 0 spiro atoms. The molecule has 0 bridgehead atoms. The van der Waals surface area contributed by atoms with Gasteiger partial charge in [-0.2, -0.15) is 0 Å². The van der Waals surface area contributed by atoms with Crippen molar-refractivity contribution in [2.75, 3.05) is 18.9 Å². The fourth-order valence-electron chi connectivity index (χ4n) is 4.96. The Balaban J connectivity index is 1.15. The second-order valence-corrected chi connectivity index (χ2v) is 13.2. The van der Waals surface area contributed by atoms with E-state index in [-0.39, 0.29) is 35.4 Å². The fourth-order valence-corrected chi connectivity index (χ4v) is 6.98. The number of rotatable bonds is 11. The van der Waals surface area contributed by atoms with E-state index in [4.69, 9.17) is 20.9 Å². The van der Waals surface area contributed by atoms with Gasteiger partial charge in [-0.05, 0) is 12.8 Å². The first-order valence-electron chi connectivity index (χ1n) is 13.1. The maximum Gasteiger partial charge on any atom is 0.274 e. The standard InChI is InChI=1S/C21H31N7O15P2/c22-17-12-19(25-6-24-17)28(7-26-12)21-16(33)14(31)10(42-21)5-40-45(37,38)43-44(35,36)39-4-9-13(30)15(32)20(41-9)27-3-8(18(23)34)1-2-11(27)29/h3,6-7,9-11,13-16,20-21,29-33H,1-2,4-5H2,(H2,23,34)(H,35,36)(H,37,38)(H2,22,24,25)/p-2/t9-,10-,11-,13-,14-,15-,16-,20-,21-/m1/s1. The summed E-state index contributed by atoms with van der Waals surface area (Å²) < 4.78 is 49.8. The van der Waals surface area contributed by atoms with E-state index in [2.05, 4.69) is 28.3 Å². The van der Waals surface area contributed by atoms with Crippen molar-refractivity contribution in [1.82, 2.24) is 24.4 Å². The lowest BCUT2D eigenvalue weighted by molar-refractivity contribution is -0.247. The van der Waals surface area contributed by atoms with Crippen LogP contribution in [-0.4, -0.2) is 118 Å². The number of hydrogen-bond donors (Lipinski definition) is 7. The Kier molecular flexibility index (Phi) is 9.63. The van der Waals surface area contributed by atoms with Crippen LogP contribution in [0.3, 0.4) is 0 Å². The number of phosphoric acid groups is 2. The maximum atomic E-state index is 12.3. The van der Waals surface area contributed by atoms with Crippen LogP contribution < -0.4 is 21.3 Å². The van der Waals surface area contributed by atoms with Crippen molar-refractivity contribution in [3.63, 3.8) is 0 Å². The molecule has 2 aromatic rings. The molecule has 22 nitrogen and oxygen atoms in total. The smallest absolute Gasteiger partial charge is 0.274 e. The van der Waals surface area contributed by atoms with Gasteiger partial charge in [0.25, 0.3) is 15.6 Å². The second-order valence-electron chi connectivity index (χ2n) is 10.2. The van der Waals surface area contributed by atoms with E-state index in [1.54, 1.807) is 0 Å². The molecule has 3 aliphatic rings. The third-order valence-electron chi connectivity index (χ3n) is 7.26. The van der Waals surface area contributed by atoms with Gasteiger partial charge in [0.1, 0.15) is 54.7 Å². The molecule has 2 saturated heterocycles. The number of aliphatic hydroxyl groups excluding tert-OH is 5. The van der Waals surface area contributed by atoms with E-state index in [1.807, 2.05) is 0 Å². The number of hydrogen-bond acceptors (Lipinski definition) is 20. The minimum absolute atomic E-state index is 0.0297. The Morgan fingerprint density at radius 2 is 1.53 bits per heavy atom. The van der Waals surface area contributed by atoms with Crippen molar-refractivity contribution in [3.05, 3.63) is 24.4 Å². The minimum atomic E-state index is -5.72. The van der Waals surface area contributed by atoms with Gasteiger partial charge in [-0.25, -0.2) is 19.3 Å². The number of imidazole rings is 1. The van der Waals surface area contributed by atoms with Crippen LogP contribution in [0.25, 0.3) is 11.2 Å². The van der Waals surface area contributed by atoms with E-state index in [9.17, 15) is 49.2 Å². The Morgan fingerprint density at radius 3 is 2.13 bits per heavy atom. The summed E-state index contributed by atoms with van der Waals surface area (Å²) in [6.07, 6.45) is -10.3. The average Bonchev–Trinajstić information content (AvgIpc) is 3.61. The Morgan fingerprint density at radius 1 is 0.956 bits per heavy atom. The monoisotopic (exact) mass is 681 g/mol. The van der Waals surface area contributed by atoms with Crippen LogP contribution in [0.15, 0.2) is 24.4 Å². The van der Waals surface area contributed by atoms with E-state index < -0.39 is 90.1 Å². The fraction of sp³-hybridized carbons (Fsp3) is 0.619. The predicted octanol–water partition coefficient (Wildman–Crippen LogP) is -4.76. The molecule has 0 saturated carbocycles. The molecule has 0 aliphatic carbocycles. The van der Waals surface area contributed by atoms with Crippen LogP contribution in [0.2, 0.25) is 0 Å². The molecule has 1 amide bonds. The van der Waals surface area contributed by atoms with Crippen molar-refractivity contribution in [2.24, 2.45) is 5.73 Å². The molecule has 2 unspecified atom stereocenters. The van der Waals surface area contributed by atoms with Crippen LogP contribution in [0.4, 0.5) is 5.82 Å². The topological polar surface area (TPSA) is 344 Å². The van der Waals surface area contributed by atoms with Crippen molar-refractivity contribution in [2.45, 2.75) is 68.1 Å². The summed E-state index contributed by atoms with van der Waals surface area (Å²) in [4.78, 5) is 48.9. The highest BCUT2D eigenvalue weighted by atomic mass is 31.3. The highest BCUT2D eigenvalue weighted by molar-refractivity contribution is 7.59. The molecule has 2 fully saturated rings. The van der Waals surface area contributed by atoms with Gasteiger partial charge < -0.3 is 70.2 Å². The van der Waals surface area contributed by atoms with Crippen LogP contribution in [0, 0.1) is 0 Å². The van der Waals surface area contributed by atoms with Crippen molar-refractivity contribution in [1.29, 1.82) is 0 Å². The lowest BCUT2D eigenvalue weighted by atomic mass is 10.0. The molecule has 11 atom stereocenters. The normalized spacial score (nSPS) is 34.9. The number of carbonyl (C=O) groups excluding carboxylic acids is 1. The molecule has 9 N–H and O–H groups in total. The summed E-state index contributed by atoms with van der Waals surface area (Å²) in [6, 6.07) is 0. The number of fused-ring (bicyclic) bond motifs is 1. The molecule has 2 aromatic heterocycles. The number of anilines is 1. The molecule has 3 aliphatic heterocycles. The third-order valence-corrected chi connectivity index (χ3v) is 9.79. The summed E-state index contributed by atoms with van der Waals surface area (Å²) in [5.41, 5.74) is 11.4. The second kappa shape index (κ2) is 12.9. The van der Waals surface area contributed by atoms with Gasteiger partial charge >= 0.3 is 0 Å². The number of nitrogens with two attached hydrogens (primary N) is 2. The molecular weight excluding hydrogens is 652 g/mol. The van der Waals surface area contributed by atoms with Crippen molar-refractivity contribution < 1.29 is 72.1 Å². The Labute approximate surface area is 252 Å². The van der Waals surface area contributed by atoms with Gasteiger partial charge in [-0.1, -0.05) is 0 Å². The molecule has 45 heavy (non-hydrogen) atoms. The largest absolute Gasteiger partial charge is 0.756 e. The first-order chi connectivity index (χ1) is 21.1. The number of amides is 1. The van der Waals surface area contributed by atoms with Gasteiger partial charge in [0, 0.05) is 11.8 Å². The zero-order valence-corrected chi connectivity index (χ0v) is 24.6. The number of phosphoric ester groups is 2. The lowest BCUT2D eigenvalue weighted by Crippen LogP contribution is -2.48. The summed E-state index contributed by atoms with van der Waals surface area (Å²) in [5.74, 6) is -0.756. The Bertz CT molecular complexity index is 1550. The number of nitrogens with zero attached hydrogens (tertiary/aromatic N) is 5.